The molecule has 1 heterocycles. The summed E-state index contributed by atoms with van der Waals surface area (Å²) in [5.41, 5.74) is 7.50. The minimum absolute atomic E-state index is 0.277. The first-order valence-corrected chi connectivity index (χ1v) is 4.92. The number of rotatable bonds is 5. The molecule has 0 bridgehead atoms. The van der Waals surface area contributed by atoms with Gasteiger partial charge in [0.05, 0.1) is 18.2 Å². The van der Waals surface area contributed by atoms with E-state index in [9.17, 15) is 5.11 Å². The Balaban J connectivity index is 2.36. The summed E-state index contributed by atoms with van der Waals surface area (Å²) in [5.74, 6) is 0. The zero-order chi connectivity index (χ0) is 9.68. The van der Waals surface area contributed by atoms with Crippen molar-refractivity contribution in [1.82, 2.24) is 4.98 Å². The highest BCUT2D eigenvalue weighted by Gasteiger charge is 2.15. The van der Waals surface area contributed by atoms with Crippen LogP contribution in [0.2, 0.25) is 0 Å². The summed E-state index contributed by atoms with van der Waals surface area (Å²) >= 11 is 1.54. The van der Waals surface area contributed by atoms with E-state index in [2.05, 4.69) is 4.98 Å². The molecule has 1 aromatic rings. The van der Waals surface area contributed by atoms with Crippen LogP contribution in [0.5, 0.6) is 0 Å². The summed E-state index contributed by atoms with van der Waals surface area (Å²) in [6.45, 7) is 0.278. The fourth-order valence-corrected chi connectivity index (χ4v) is 1.67. The molecule has 3 N–H and O–H groups in total. The van der Waals surface area contributed by atoms with E-state index in [4.69, 9.17) is 10.5 Å². The van der Waals surface area contributed by atoms with Gasteiger partial charge >= 0.3 is 0 Å². The maximum absolute atomic E-state index is 9.45. The number of aliphatic hydroxyl groups excluding tert-OH is 1. The molecule has 0 aliphatic rings. The average molecular weight is 202 g/mol. The Labute approximate surface area is 81.4 Å². The molecule has 0 aliphatic carbocycles. The zero-order valence-electron chi connectivity index (χ0n) is 7.51. The van der Waals surface area contributed by atoms with Crippen LogP contribution in [0.15, 0.2) is 11.7 Å². The van der Waals surface area contributed by atoms with Gasteiger partial charge in [-0.15, -0.1) is 11.3 Å². The molecule has 13 heavy (non-hydrogen) atoms. The topological polar surface area (TPSA) is 68.4 Å². The highest BCUT2D eigenvalue weighted by molar-refractivity contribution is 7.09. The quantitative estimate of drug-likeness (QED) is 0.706. The molecule has 4 nitrogen and oxygen atoms in total. The van der Waals surface area contributed by atoms with E-state index in [-0.39, 0.29) is 12.6 Å². The number of aliphatic hydroxyl groups is 1. The highest BCUT2D eigenvalue weighted by Crippen LogP contribution is 2.09. The van der Waals surface area contributed by atoms with Gasteiger partial charge in [0.25, 0.3) is 0 Å². The molecule has 0 aromatic carbocycles. The van der Waals surface area contributed by atoms with Crippen LogP contribution in [0.1, 0.15) is 4.88 Å². The Morgan fingerprint density at radius 3 is 3.08 bits per heavy atom. The molecule has 1 aromatic heterocycles. The van der Waals surface area contributed by atoms with Crippen molar-refractivity contribution in [2.75, 3.05) is 13.7 Å². The van der Waals surface area contributed by atoms with E-state index in [0.717, 1.165) is 4.88 Å². The molecule has 0 aliphatic heterocycles. The van der Waals surface area contributed by atoms with Crippen LogP contribution in [-0.4, -0.2) is 36.0 Å². The van der Waals surface area contributed by atoms with Crippen LogP contribution in [0, 0.1) is 0 Å². The summed E-state index contributed by atoms with van der Waals surface area (Å²) in [7, 11) is 1.54. The van der Waals surface area contributed by atoms with Crippen molar-refractivity contribution in [3.63, 3.8) is 0 Å². The Hall–Kier alpha value is -0.490. The summed E-state index contributed by atoms with van der Waals surface area (Å²) in [6.07, 6.45) is 1.81. The molecular formula is C8H14N2O2S. The first-order chi connectivity index (χ1) is 6.24. The van der Waals surface area contributed by atoms with Gasteiger partial charge in [0, 0.05) is 30.6 Å². The van der Waals surface area contributed by atoms with Crippen molar-refractivity contribution in [1.29, 1.82) is 0 Å². The molecule has 74 valence electrons. The third kappa shape index (κ3) is 3.40. The van der Waals surface area contributed by atoms with E-state index in [1.54, 1.807) is 30.2 Å². The SMILES string of the molecule is COCC(O)C(N)Cc1cncs1. The lowest BCUT2D eigenvalue weighted by molar-refractivity contribution is 0.0481. The molecule has 0 fully saturated rings. The fraction of sp³-hybridized carbons (Fsp3) is 0.625. The van der Waals surface area contributed by atoms with Crippen molar-refractivity contribution in [3.8, 4) is 0 Å². The number of methoxy groups -OCH3 is 1. The number of nitrogens with two attached hydrogens (primary N) is 1. The average Bonchev–Trinajstić information content (AvgIpc) is 2.57. The van der Waals surface area contributed by atoms with Gasteiger partial charge in [0.2, 0.25) is 0 Å². The van der Waals surface area contributed by atoms with E-state index >= 15 is 0 Å². The second-order valence-corrected chi connectivity index (χ2v) is 3.83. The van der Waals surface area contributed by atoms with Gasteiger partial charge in [-0.2, -0.15) is 0 Å². The molecular weight excluding hydrogens is 188 g/mol. The third-order valence-corrected chi connectivity index (χ3v) is 2.55. The molecule has 1 rings (SSSR count). The summed E-state index contributed by atoms with van der Waals surface area (Å²) in [5, 5.41) is 9.45. The Kier molecular flexibility index (Phi) is 4.31. The molecule has 0 saturated heterocycles. The van der Waals surface area contributed by atoms with Crippen LogP contribution in [0.4, 0.5) is 0 Å². The number of aromatic nitrogens is 1. The number of nitrogens with zero attached hydrogens (tertiary/aromatic N) is 1. The van der Waals surface area contributed by atoms with Gasteiger partial charge in [-0.05, 0) is 0 Å². The second-order valence-electron chi connectivity index (χ2n) is 2.86. The minimum Gasteiger partial charge on any atom is -0.389 e. The van der Waals surface area contributed by atoms with Crippen molar-refractivity contribution in [2.24, 2.45) is 5.73 Å². The number of hydrogen-bond donors (Lipinski definition) is 2. The summed E-state index contributed by atoms with van der Waals surface area (Å²) in [6, 6.07) is -0.277. The van der Waals surface area contributed by atoms with Gasteiger partial charge in [0.1, 0.15) is 0 Å². The Bertz CT molecular complexity index is 228. The number of thiazole rings is 1. The normalized spacial score (nSPS) is 15.6. The lowest BCUT2D eigenvalue weighted by atomic mass is 10.1. The van der Waals surface area contributed by atoms with Gasteiger partial charge in [-0.25, -0.2) is 0 Å². The standard InChI is InChI=1S/C8H14N2O2S/c1-12-4-8(11)7(9)2-6-3-10-5-13-6/h3,5,7-8,11H,2,4,9H2,1H3. The molecule has 0 radical (unpaired) electrons. The number of ether oxygens (including phenoxy) is 1. The van der Waals surface area contributed by atoms with Crippen LogP contribution in [0.25, 0.3) is 0 Å². The summed E-state index contributed by atoms with van der Waals surface area (Å²) in [4.78, 5) is 5.02. The Morgan fingerprint density at radius 1 is 1.77 bits per heavy atom. The maximum atomic E-state index is 9.45. The van der Waals surface area contributed by atoms with Crippen LogP contribution in [-0.2, 0) is 11.2 Å². The molecule has 0 saturated carbocycles. The first kappa shape index (κ1) is 10.6. The zero-order valence-corrected chi connectivity index (χ0v) is 8.33. The minimum atomic E-state index is -0.605. The van der Waals surface area contributed by atoms with Gasteiger partial charge < -0.3 is 15.6 Å². The molecule has 0 spiro atoms. The van der Waals surface area contributed by atoms with E-state index in [1.165, 1.54) is 0 Å². The monoisotopic (exact) mass is 202 g/mol. The van der Waals surface area contributed by atoms with E-state index in [1.807, 2.05) is 0 Å². The van der Waals surface area contributed by atoms with Crippen molar-refractivity contribution in [2.45, 2.75) is 18.6 Å². The van der Waals surface area contributed by atoms with Gasteiger partial charge in [-0.3, -0.25) is 4.98 Å². The molecule has 5 heteroatoms. The van der Waals surface area contributed by atoms with Crippen molar-refractivity contribution >= 4 is 11.3 Å². The molecule has 2 atom stereocenters. The van der Waals surface area contributed by atoms with E-state index in [0.29, 0.717) is 6.42 Å². The lowest BCUT2D eigenvalue weighted by Gasteiger charge is -2.16. The largest absolute Gasteiger partial charge is 0.389 e. The predicted octanol–water partition coefficient (Wildman–Crippen LogP) is 0.0202. The van der Waals surface area contributed by atoms with Gasteiger partial charge in [0.15, 0.2) is 0 Å². The van der Waals surface area contributed by atoms with Crippen molar-refractivity contribution in [3.05, 3.63) is 16.6 Å². The predicted molar refractivity (Wildman–Crippen MR) is 51.7 cm³/mol. The highest BCUT2D eigenvalue weighted by atomic mass is 32.1. The lowest BCUT2D eigenvalue weighted by Crippen LogP contribution is -2.39. The number of hydrogen-bond acceptors (Lipinski definition) is 5. The smallest absolute Gasteiger partial charge is 0.0927 e. The maximum Gasteiger partial charge on any atom is 0.0927 e. The summed E-state index contributed by atoms with van der Waals surface area (Å²) < 4.78 is 4.80. The molecule has 2 unspecified atom stereocenters. The fourth-order valence-electron chi connectivity index (χ4n) is 1.01. The first-order valence-electron chi connectivity index (χ1n) is 4.04. The molecule has 0 amide bonds. The van der Waals surface area contributed by atoms with Crippen LogP contribution in [0.3, 0.4) is 0 Å². The van der Waals surface area contributed by atoms with Crippen LogP contribution >= 0.6 is 11.3 Å². The van der Waals surface area contributed by atoms with Gasteiger partial charge in [-0.1, -0.05) is 0 Å². The Morgan fingerprint density at radius 2 is 2.54 bits per heavy atom. The van der Waals surface area contributed by atoms with Crippen LogP contribution < -0.4 is 5.73 Å². The third-order valence-electron chi connectivity index (χ3n) is 1.75. The van der Waals surface area contributed by atoms with E-state index < -0.39 is 6.10 Å². The second kappa shape index (κ2) is 5.29. The van der Waals surface area contributed by atoms with Crippen molar-refractivity contribution < 1.29 is 9.84 Å².